The number of rotatable bonds is 6. The van der Waals surface area contributed by atoms with Crippen molar-refractivity contribution >= 4 is 34.5 Å². The molecule has 0 aliphatic carbocycles. The van der Waals surface area contributed by atoms with Crippen LogP contribution in [0.4, 0.5) is 10.1 Å². The molecule has 2 aromatic carbocycles. The topological polar surface area (TPSA) is 85.1 Å². The summed E-state index contributed by atoms with van der Waals surface area (Å²) in [5.41, 5.74) is 1.47. The van der Waals surface area contributed by atoms with Crippen molar-refractivity contribution in [1.29, 1.82) is 0 Å². The predicted octanol–water partition coefficient (Wildman–Crippen LogP) is 4.48. The molecular formula is C18H13ClFN3O3S. The van der Waals surface area contributed by atoms with E-state index < -0.39 is 10.8 Å². The van der Waals surface area contributed by atoms with Gasteiger partial charge in [0.25, 0.3) is 11.6 Å². The van der Waals surface area contributed by atoms with Gasteiger partial charge in [0, 0.05) is 35.5 Å². The zero-order valence-corrected chi connectivity index (χ0v) is 15.4. The number of carbonyl (C=O) groups is 1. The van der Waals surface area contributed by atoms with Gasteiger partial charge in [-0.25, -0.2) is 9.37 Å². The van der Waals surface area contributed by atoms with E-state index in [4.69, 9.17) is 11.6 Å². The maximum Gasteiger partial charge on any atom is 0.288 e. The van der Waals surface area contributed by atoms with Crippen molar-refractivity contribution in [2.24, 2.45) is 0 Å². The zero-order valence-electron chi connectivity index (χ0n) is 13.8. The fourth-order valence-corrected chi connectivity index (χ4v) is 3.39. The molecule has 3 rings (SSSR count). The predicted molar refractivity (Wildman–Crippen MR) is 102 cm³/mol. The van der Waals surface area contributed by atoms with Gasteiger partial charge in [-0.15, -0.1) is 11.3 Å². The number of halogens is 2. The van der Waals surface area contributed by atoms with Crippen LogP contribution >= 0.6 is 22.9 Å². The summed E-state index contributed by atoms with van der Waals surface area (Å²) in [4.78, 5) is 26.9. The van der Waals surface area contributed by atoms with Crippen LogP contribution in [0.3, 0.4) is 0 Å². The molecule has 0 saturated carbocycles. The third kappa shape index (κ3) is 4.66. The van der Waals surface area contributed by atoms with Gasteiger partial charge in [-0.1, -0.05) is 11.6 Å². The van der Waals surface area contributed by atoms with Gasteiger partial charge in [0.1, 0.15) is 15.8 Å². The van der Waals surface area contributed by atoms with Crippen LogP contribution in [-0.4, -0.2) is 22.4 Å². The Morgan fingerprint density at radius 3 is 2.70 bits per heavy atom. The van der Waals surface area contributed by atoms with Gasteiger partial charge < -0.3 is 5.32 Å². The van der Waals surface area contributed by atoms with Gasteiger partial charge >= 0.3 is 0 Å². The number of carbonyl (C=O) groups excluding carboxylic acids is 1. The van der Waals surface area contributed by atoms with Crippen molar-refractivity contribution < 1.29 is 14.1 Å². The second kappa shape index (κ2) is 8.24. The second-order valence-corrected chi connectivity index (χ2v) is 6.85. The number of hydrogen-bond donors (Lipinski definition) is 1. The van der Waals surface area contributed by atoms with E-state index >= 15 is 0 Å². The molecular weight excluding hydrogens is 393 g/mol. The first-order chi connectivity index (χ1) is 12.9. The number of nitro groups is 1. The lowest BCUT2D eigenvalue weighted by atomic mass is 10.2. The smallest absolute Gasteiger partial charge is 0.288 e. The van der Waals surface area contributed by atoms with Crippen LogP contribution in [0.25, 0.3) is 10.6 Å². The number of nitrogens with one attached hydrogen (secondary N) is 1. The molecule has 1 amide bonds. The van der Waals surface area contributed by atoms with E-state index in [1.807, 2.05) is 5.38 Å². The molecule has 0 spiro atoms. The standard InChI is InChI=1S/C18H13ClFN3O3S/c19-15-6-3-12(9-16(15)23(25)26)17(24)21-8-7-14-10-27-18(22-14)11-1-4-13(20)5-2-11/h1-6,9-10H,7-8H2,(H,21,24). The lowest BCUT2D eigenvalue weighted by Gasteiger charge is -2.04. The molecule has 0 atom stereocenters. The molecule has 3 aromatic rings. The minimum Gasteiger partial charge on any atom is -0.352 e. The lowest BCUT2D eigenvalue weighted by Crippen LogP contribution is -2.25. The molecule has 0 fully saturated rings. The lowest BCUT2D eigenvalue weighted by molar-refractivity contribution is -0.384. The quantitative estimate of drug-likeness (QED) is 0.484. The van der Waals surface area contributed by atoms with Crippen LogP contribution in [0, 0.1) is 15.9 Å². The van der Waals surface area contributed by atoms with Crippen LogP contribution in [0.5, 0.6) is 0 Å². The SMILES string of the molecule is O=C(NCCc1csc(-c2ccc(F)cc2)n1)c1ccc(Cl)c([N+](=O)[O-])c1. The van der Waals surface area contributed by atoms with Crippen LogP contribution < -0.4 is 5.32 Å². The van der Waals surface area contributed by atoms with Crippen molar-refractivity contribution in [1.82, 2.24) is 10.3 Å². The Kier molecular flexibility index (Phi) is 5.78. The van der Waals surface area contributed by atoms with E-state index in [0.717, 1.165) is 22.3 Å². The largest absolute Gasteiger partial charge is 0.352 e. The summed E-state index contributed by atoms with van der Waals surface area (Å²) in [6.07, 6.45) is 0.499. The summed E-state index contributed by atoms with van der Waals surface area (Å²) in [6, 6.07) is 9.97. The summed E-state index contributed by atoms with van der Waals surface area (Å²) < 4.78 is 13.0. The number of thiazole rings is 1. The third-order valence-corrected chi connectivity index (χ3v) is 4.97. The highest BCUT2D eigenvalue weighted by Crippen LogP contribution is 2.25. The first-order valence-electron chi connectivity index (χ1n) is 7.86. The van der Waals surface area contributed by atoms with Gasteiger partial charge in [-0.3, -0.25) is 14.9 Å². The Bertz CT molecular complexity index is 992. The summed E-state index contributed by atoms with van der Waals surface area (Å²) in [6.45, 7) is 0.321. The normalized spacial score (nSPS) is 10.6. The molecule has 0 aliphatic rings. The number of benzene rings is 2. The van der Waals surface area contributed by atoms with Crippen LogP contribution in [0.1, 0.15) is 16.1 Å². The van der Waals surface area contributed by atoms with E-state index in [9.17, 15) is 19.3 Å². The van der Waals surface area contributed by atoms with E-state index in [2.05, 4.69) is 10.3 Å². The number of nitro benzene ring substituents is 1. The van der Waals surface area contributed by atoms with Crippen molar-refractivity contribution in [3.63, 3.8) is 0 Å². The number of nitrogens with zero attached hydrogens (tertiary/aromatic N) is 2. The average Bonchev–Trinajstić information content (AvgIpc) is 3.11. The van der Waals surface area contributed by atoms with Crippen LogP contribution in [0.2, 0.25) is 5.02 Å². The number of aromatic nitrogens is 1. The highest BCUT2D eigenvalue weighted by molar-refractivity contribution is 7.13. The Labute approximate surface area is 162 Å². The highest BCUT2D eigenvalue weighted by Gasteiger charge is 2.16. The maximum absolute atomic E-state index is 13.0. The highest BCUT2D eigenvalue weighted by atomic mass is 35.5. The molecule has 0 bridgehead atoms. The minimum absolute atomic E-state index is 0.0210. The van der Waals surface area contributed by atoms with Gasteiger partial charge in [0.05, 0.1) is 10.6 Å². The van der Waals surface area contributed by atoms with Gasteiger partial charge in [-0.2, -0.15) is 0 Å². The number of hydrogen-bond acceptors (Lipinski definition) is 5. The first-order valence-corrected chi connectivity index (χ1v) is 9.12. The first kappa shape index (κ1) is 18.9. The Morgan fingerprint density at radius 1 is 1.26 bits per heavy atom. The summed E-state index contributed by atoms with van der Waals surface area (Å²) in [5, 5.41) is 16.2. The molecule has 0 unspecified atom stereocenters. The summed E-state index contributed by atoms with van der Waals surface area (Å²) in [5.74, 6) is -0.732. The van der Waals surface area contributed by atoms with Crippen LogP contribution in [0.15, 0.2) is 47.8 Å². The second-order valence-electron chi connectivity index (χ2n) is 5.58. The molecule has 27 heavy (non-hydrogen) atoms. The van der Waals surface area contributed by atoms with Gasteiger partial charge in [0.15, 0.2) is 0 Å². The average molecular weight is 406 g/mol. The molecule has 0 radical (unpaired) electrons. The zero-order chi connectivity index (χ0) is 19.4. The van der Waals surface area contributed by atoms with Gasteiger partial charge in [0.2, 0.25) is 0 Å². The van der Waals surface area contributed by atoms with Crippen LogP contribution in [-0.2, 0) is 6.42 Å². The van der Waals surface area contributed by atoms with Gasteiger partial charge in [-0.05, 0) is 36.4 Å². The molecule has 1 aromatic heterocycles. The molecule has 138 valence electrons. The van der Waals surface area contributed by atoms with E-state index in [1.165, 1.54) is 35.6 Å². The van der Waals surface area contributed by atoms with E-state index in [0.29, 0.717) is 13.0 Å². The van der Waals surface area contributed by atoms with Crippen molar-refractivity contribution in [3.05, 3.63) is 80.1 Å². The van der Waals surface area contributed by atoms with Crippen molar-refractivity contribution in [3.8, 4) is 10.6 Å². The molecule has 6 nitrogen and oxygen atoms in total. The summed E-state index contributed by atoms with van der Waals surface area (Å²) in [7, 11) is 0. The molecule has 0 aliphatic heterocycles. The fourth-order valence-electron chi connectivity index (χ4n) is 2.35. The minimum atomic E-state index is -0.634. The fraction of sp³-hybridized carbons (Fsp3) is 0.111. The molecule has 0 saturated heterocycles. The Balaban J connectivity index is 1.58. The third-order valence-electron chi connectivity index (χ3n) is 3.71. The Morgan fingerprint density at radius 2 is 2.00 bits per heavy atom. The molecule has 9 heteroatoms. The molecule has 1 heterocycles. The van der Waals surface area contributed by atoms with Crippen molar-refractivity contribution in [2.75, 3.05) is 6.54 Å². The molecule has 1 N–H and O–H groups in total. The van der Waals surface area contributed by atoms with E-state index in [1.54, 1.807) is 12.1 Å². The summed E-state index contributed by atoms with van der Waals surface area (Å²) >= 11 is 7.18. The van der Waals surface area contributed by atoms with Crippen molar-refractivity contribution in [2.45, 2.75) is 6.42 Å². The van der Waals surface area contributed by atoms with E-state index in [-0.39, 0.29) is 22.1 Å². The monoisotopic (exact) mass is 405 g/mol. The number of amides is 1. The maximum atomic E-state index is 13.0. The Hall–Kier alpha value is -2.84.